The van der Waals surface area contributed by atoms with Crippen molar-refractivity contribution < 1.29 is 19.4 Å². The van der Waals surface area contributed by atoms with Crippen LogP contribution in [0.3, 0.4) is 0 Å². The van der Waals surface area contributed by atoms with Crippen LogP contribution in [0, 0.1) is 11.3 Å². The molecule has 2 amide bonds. The molecule has 0 atom stereocenters. The lowest BCUT2D eigenvalue weighted by atomic mass is 10.1. The van der Waals surface area contributed by atoms with Crippen LogP contribution in [0.2, 0.25) is 0 Å². The predicted octanol–water partition coefficient (Wildman–Crippen LogP) is 5.04. The second-order valence-corrected chi connectivity index (χ2v) is 9.87. The van der Waals surface area contributed by atoms with E-state index in [-0.39, 0.29) is 11.6 Å². The van der Waals surface area contributed by atoms with E-state index in [1.807, 2.05) is 18.2 Å². The van der Waals surface area contributed by atoms with E-state index in [1.165, 1.54) is 18.3 Å². The van der Waals surface area contributed by atoms with Gasteiger partial charge in [0, 0.05) is 37.2 Å². The number of carboxylic acid groups (broad SMARTS) is 1. The Hall–Kier alpha value is -4.72. The van der Waals surface area contributed by atoms with Crippen molar-refractivity contribution in [2.45, 2.75) is 45.1 Å². The van der Waals surface area contributed by atoms with Gasteiger partial charge in [0.1, 0.15) is 17.2 Å². The number of pyridine rings is 3. The largest absolute Gasteiger partial charge is 0.464 e. The van der Waals surface area contributed by atoms with E-state index in [1.54, 1.807) is 39.2 Å². The van der Waals surface area contributed by atoms with Crippen LogP contribution in [0.15, 0.2) is 48.9 Å². The summed E-state index contributed by atoms with van der Waals surface area (Å²) < 4.78 is 5.23. The summed E-state index contributed by atoms with van der Waals surface area (Å²) in [5.41, 5.74) is 2.68. The molecule has 0 saturated heterocycles. The third kappa shape index (κ3) is 6.94. The Morgan fingerprint density at radius 3 is 2.63 bits per heavy atom. The standard InChI is InChI=1S/C27H29N7O4/c1-27(2,3)38-25(35)32-9-8-30-21-11-20(15-29-16-21)22-12-19(18-4-5-18)13-24(33-22)34(26(36)37)23-10-17(14-28)6-7-31-23/h6-7,10-13,15-16,18,30H,4-5,8-9H2,1-3H3,(H,32,35)(H,36,37). The molecule has 3 heterocycles. The highest BCUT2D eigenvalue weighted by molar-refractivity contribution is 5.93. The van der Waals surface area contributed by atoms with Crippen LogP contribution < -0.4 is 15.5 Å². The summed E-state index contributed by atoms with van der Waals surface area (Å²) in [6.45, 7) is 6.19. The van der Waals surface area contributed by atoms with Gasteiger partial charge in [0.25, 0.3) is 0 Å². The van der Waals surface area contributed by atoms with E-state index in [9.17, 15) is 20.0 Å². The fraction of sp³-hybridized carbons (Fsp3) is 0.333. The van der Waals surface area contributed by atoms with Crippen molar-refractivity contribution in [3.05, 3.63) is 60.0 Å². The summed E-state index contributed by atoms with van der Waals surface area (Å²) in [6, 6.07) is 10.5. The second kappa shape index (κ2) is 11.1. The van der Waals surface area contributed by atoms with Crippen molar-refractivity contribution in [1.29, 1.82) is 5.26 Å². The zero-order chi connectivity index (χ0) is 27.3. The number of aromatic nitrogens is 3. The lowest BCUT2D eigenvalue weighted by Crippen LogP contribution is -2.35. The monoisotopic (exact) mass is 515 g/mol. The van der Waals surface area contributed by atoms with Gasteiger partial charge in [0.2, 0.25) is 0 Å². The fourth-order valence-electron chi connectivity index (χ4n) is 3.74. The Bertz CT molecular complexity index is 1380. The number of nitriles is 1. The van der Waals surface area contributed by atoms with Gasteiger partial charge in [-0.1, -0.05) is 0 Å². The Kier molecular flexibility index (Phi) is 7.71. The van der Waals surface area contributed by atoms with Gasteiger partial charge < -0.3 is 20.5 Å². The molecule has 1 aliphatic rings. The Morgan fingerprint density at radius 1 is 1.16 bits per heavy atom. The number of nitrogens with one attached hydrogen (secondary N) is 2. The van der Waals surface area contributed by atoms with Crippen molar-refractivity contribution >= 4 is 29.5 Å². The molecule has 1 aliphatic carbocycles. The predicted molar refractivity (Wildman–Crippen MR) is 141 cm³/mol. The van der Waals surface area contributed by atoms with Crippen LogP contribution in [0.5, 0.6) is 0 Å². The van der Waals surface area contributed by atoms with E-state index in [0.717, 1.165) is 23.3 Å². The van der Waals surface area contributed by atoms with Crippen molar-refractivity contribution in [3.63, 3.8) is 0 Å². The number of alkyl carbamates (subject to hydrolysis) is 1. The third-order valence-corrected chi connectivity index (χ3v) is 5.56. The highest BCUT2D eigenvalue weighted by Gasteiger charge is 2.28. The summed E-state index contributed by atoms with van der Waals surface area (Å²) >= 11 is 0. The number of carbonyl (C=O) groups is 2. The number of amides is 2. The highest BCUT2D eigenvalue weighted by Crippen LogP contribution is 2.42. The smallest absolute Gasteiger partial charge is 0.418 e. The normalized spacial score (nSPS) is 12.8. The van der Waals surface area contributed by atoms with E-state index < -0.39 is 17.8 Å². The first-order valence-corrected chi connectivity index (χ1v) is 12.2. The maximum atomic E-state index is 12.3. The van der Waals surface area contributed by atoms with Gasteiger partial charge >= 0.3 is 12.2 Å². The van der Waals surface area contributed by atoms with E-state index >= 15 is 0 Å². The molecule has 3 aromatic rings. The van der Waals surface area contributed by atoms with E-state index in [2.05, 4.69) is 25.6 Å². The van der Waals surface area contributed by atoms with Crippen molar-refractivity contribution in [2.24, 2.45) is 0 Å². The molecule has 196 valence electrons. The molecule has 1 fully saturated rings. The van der Waals surface area contributed by atoms with Gasteiger partial charge in [0.15, 0.2) is 0 Å². The van der Waals surface area contributed by atoms with Crippen LogP contribution in [0.25, 0.3) is 11.3 Å². The maximum Gasteiger partial charge on any atom is 0.418 e. The molecule has 3 N–H and O–H groups in total. The number of ether oxygens (including phenoxy) is 1. The molecule has 0 radical (unpaired) electrons. The third-order valence-electron chi connectivity index (χ3n) is 5.56. The highest BCUT2D eigenvalue weighted by atomic mass is 16.6. The Morgan fingerprint density at radius 2 is 1.95 bits per heavy atom. The minimum atomic E-state index is -1.26. The summed E-state index contributed by atoms with van der Waals surface area (Å²) in [6.07, 6.45) is 5.00. The lowest BCUT2D eigenvalue weighted by Gasteiger charge is -2.20. The SMILES string of the molecule is CC(C)(C)OC(=O)NCCNc1cncc(-c2cc(C3CC3)cc(N(C(=O)O)c3cc(C#N)ccn3)n2)c1. The molecular formula is C27H29N7O4. The van der Waals surface area contributed by atoms with E-state index in [4.69, 9.17) is 4.74 Å². The van der Waals surface area contributed by atoms with Gasteiger partial charge in [0.05, 0.1) is 23.0 Å². The topological polar surface area (TPSA) is 153 Å². The number of hydrogen-bond donors (Lipinski definition) is 3. The Balaban J connectivity index is 1.56. The van der Waals surface area contributed by atoms with Gasteiger partial charge in [-0.15, -0.1) is 0 Å². The van der Waals surface area contributed by atoms with Gasteiger partial charge in [-0.05, 0) is 75.4 Å². The fourth-order valence-corrected chi connectivity index (χ4v) is 3.74. The number of hydrogen-bond acceptors (Lipinski definition) is 8. The molecule has 3 aromatic heterocycles. The summed E-state index contributed by atoms with van der Waals surface area (Å²) in [5, 5.41) is 25.2. The number of nitrogens with zero attached hydrogens (tertiary/aromatic N) is 5. The average Bonchev–Trinajstić information content (AvgIpc) is 3.71. The maximum absolute atomic E-state index is 12.3. The first-order chi connectivity index (χ1) is 18.1. The van der Waals surface area contributed by atoms with Crippen molar-refractivity contribution in [3.8, 4) is 17.3 Å². The van der Waals surface area contributed by atoms with Crippen LogP contribution in [-0.4, -0.2) is 50.9 Å². The molecule has 11 nitrogen and oxygen atoms in total. The molecule has 4 rings (SSSR count). The van der Waals surface area contributed by atoms with Crippen LogP contribution in [0.1, 0.15) is 50.7 Å². The molecule has 0 aliphatic heterocycles. The quantitative estimate of drug-likeness (QED) is 0.350. The molecule has 11 heteroatoms. The zero-order valence-electron chi connectivity index (χ0n) is 21.4. The van der Waals surface area contributed by atoms with Gasteiger partial charge in [-0.2, -0.15) is 5.26 Å². The van der Waals surface area contributed by atoms with Crippen LogP contribution >= 0.6 is 0 Å². The van der Waals surface area contributed by atoms with Crippen molar-refractivity contribution in [1.82, 2.24) is 20.3 Å². The molecule has 0 aromatic carbocycles. The molecule has 1 saturated carbocycles. The lowest BCUT2D eigenvalue weighted by molar-refractivity contribution is 0.0530. The molecule has 0 bridgehead atoms. The van der Waals surface area contributed by atoms with Crippen molar-refractivity contribution in [2.75, 3.05) is 23.3 Å². The molecule has 0 unspecified atom stereocenters. The van der Waals surface area contributed by atoms with Gasteiger partial charge in [-0.25, -0.2) is 24.5 Å². The van der Waals surface area contributed by atoms with Crippen LogP contribution in [-0.2, 0) is 4.74 Å². The van der Waals surface area contributed by atoms with Crippen LogP contribution in [0.4, 0.5) is 26.9 Å². The summed E-state index contributed by atoms with van der Waals surface area (Å²) in [4.78, 5) is 38.2. The molecule has 38 heavy (non-hydrogen) atoms. The minimum Gasteiger partial charge on any atom is -0.464 e. The summed E-state index contributed by atoms with van der Waals surface area (Å²) in [7, 11) is 0. The first kappa shape index (κ1) is 26.3. The summed E-state index contributed by atoms with van der Waals surface area (Å²) in [5.74, 6) is 0.617. The molecular weight excluding hydrogens is 486 g/mol. The second-order valence-electron chi connectivity index (χ2n) is 9.87. The van der Waals surface area contributed by atoms with E-state index in [0.29, 0.717) is 41.5 Å². The number of anilines is 3. The zero-order valence-corrected chi connectivity index (χ0v) is 21.4. The average molecular weight is 516 g/mol. The molecule has 0 spiro atoms. The minimum absolute atomic E-state index is 0.0916. The Labute approximate surface area is 220 Å². The number of rotatable bonds is 8. The van der Waals surface area contributed by atoms with Gasteiger partial charge in [-0.3, -0.25) is 4.98 Å². The first-order valence-electron chi connectivity index (χ1n) is 12.2. The number of carbonyl (C=O) groups excluding carboxylic acids is 1.